The standard InChI is InChI=1S/C10H15NO2S/c12-9(5-8-6-11-7-14-8)10-3-1-2-4-13-10/h6-7,9-10,12H,1-5H2. The van der Waals surface area contributed by atoms with Gasteiger partial charge >= 0.3 is 0 Å². The smallest absolute Gasteiger partial charge is 0.0850 e. The molecule has 1 fully saturated rings. The number of aliphatic hydroxyl groups excluding tert-OH is 1. The molecule has 2 atom stereocenters. The molecule has 0 aromatic carbocycles. The van der Waals surface area contributed by atoms with E-state index >= 15 is 0 Å². The zero-order valence-electron chi connectivity index (χ0n) is 8.06. The van der Waals surface area contributed by atoms with Crippen molar-refractivity contribution in [2.45, 2.75) is 37.9 Å². The molecule has 2 unspecified atom stereocenters. The molecule has 14 heavy (non-hydrogen) atoms. The van der Waals surface area contributed by atoms with Gasteiger partial charge in [-0.1, -0.05) is 0 Å². The molecule has 1 aromatic rings. The van der Waals surface area contributed by atoms with Crippen molar-refractivity contribution in [1.82, 2.24) is 4.98 Å². The highest BCUT2D eigenvalue weighted by Crippen LogP contribution is 2.19. The largest absolute Gasteiger partial charge is 0.390 e. The summed E-state index contributed by atoms with van der Waals surface area (Å²) in [7, 11) is 0. The fourth-order valence-corrected chi connectivity index (χ4v) is 2.40. The van der Waals surface area contributed by atoms with Crippen LogP contribution in [0.2, 0.25) is 0 Å². The molecule has 1 aliphatic heterocycles. The first kappa shape index (κ1) is 10.1. The van der Waals surface area contributed by atoms with Gasteiger partial charge < -0.3 is 9.84 Å². The maximum absolute atomic E-state index is 9.90. The molecule has 0 spiro atoms. The Morgan fingerprint density at radius 2 is 2.57 bits per heavy atom. The summed E-state index contributed by atoms with van der Waals surface area (Å²) in [6.07, 6.45) is 5.45. The first-order valence-electron chi connectivity index (χ1n) is 5.03. The first-order chi connectivity index (χ1) is 6.86. The highest BCUT2D eigenvalue weighted by molar-refractivity contribution is 7.09. The van der Waals surface area contributed by atoms with Gasteiger partial charge in [-0.2, -0.15) is 0 Å². The second-order valence-corrected chi connectivity index (χ2v) is 4.62. The summed E-state index contributed by atoms with van der Waals surface area (Å²) >= 11 is 1.59. The molecule has 4 heteroatoms. The number of ether oxygens (including phenoxy) is 1. The topological polar surface area (TPSA) is 42.4 Å². The number of rotatable bonds is 3. The molecule has 2 rings (SSSR count). The Bertz CT molecular complexity index is 257. The second kappa shape index (κ2) is 4.87. The summed E-state index contributed by atoms with van der Waals surface area (Å²) in [5.41, 5.74) is 1.80. The predicted octanol–water partition coefficient (Wildman–Crippen LogP) is 1.62. The van der Waals surface area contributed by atoms with Crippen molar-refractivity contribution >= 4 is 11.3 Å². The molecule has 1 saturated heterocycles. The Morgan fingerprint density at radius 3 is 3.21 bits per heavy atom. The van der Waals surface area contributed by atoms with Crippen LogP contribution in [-0.4, -0.2) is 28.9 Å². The average Bonchev–Trinajstić information content (AvgIpc) is 2.72. The molecule has 1 aliphatic rings. The maximum atomic E-state index is 9.90. The van der Waals surface area contributed by atoms with Crippen molar-refractivity contribution in [3.05, 3.63) is 16.6 Å². The van der Waals surface area contributed by atoms with Crippen LogP contribution < -0.4 is 0 Å². The average molecular weight is 213 g/mol. The van der Waals surface area contributed by atoms with Gasteiger partial charge in [0.05, 0.1) is 17.7 Å². The van der Waals surface area contributed by atoms with Gasteiger partial charge in [0.2, 0.25) is 0 Å². The van der Waals surface area contributed by atoms with Gasteiger partial charge in [0, 0.05) is 24.1 Å². The van der Waals surface area contributed by atoms with E-state index in [0.29, 0.717) is 6.42 Å². The van der Waals surface area contributed by atoms with Gasteiger partial charge in [-0.3, -0.25) is 4.98 Å². The number of hydrogen-bond donors (Lipinski definition) is 1. The van der Waals surface area contributed by atoms with Gasteiger partial charge in [0.15, 0.2) is 0 Å². The van der Waals surface area contributed by atoms with Crippen molar-refractivity contribution in [1.29, 1.82) is 0 Å². The third kappa shape index (κ3) is 2.53. The zero-order valence-corrected chi connectivity index (χ0v) is 8.87. The lowest BCUT2D eigenvalue weighted by atomic mass is 10.0. The normalized spacial score (nSPS) is 24.8. The molecule has 2 heterocycles. The van der Waals surface area contributed by atoms with Crippen molar-refractivity contribution in [3.63, 3.8) is 0 Å². The highest BCUT2D eigenvalue weighted by Gasteiger charge is 2.22. The number of aliphatic hydroxyl groups is 1. The molecular formula is C10H15NO2S. The van der Waals surface area contributed by atoms with Gasteiger partial charge in [-0.25, -0.2) is 0 Å². The van der Waals surface area contributed by atoms with E-state index in [-0.39, 0.29) is 12.2 Å². The summed E-state index contributed by atoms with van der Waals surface area (Å²) in [4.78, 5) is 5.12. The van der Waals surface area contributed by atoms with Crippen molar-refractivity contribution in [2.24, 2.45) is 0 Å². The Balaban J connectivity index is 1.85. The third-order valence-electron chi connectivity index (χ3n) is 2.54. The van der Waals surface area contributed by atoms with Crippen molar-refractivity contribution in [3.8, 4) is 0 Å². The summed E-state index contributed by atoms with van der Waals surface area (Å²) in [6, 6.07) is 0. The van der Waals surface area contributed by atoms with Crippen LogP contribution in [0, 0.1) is 0 Å². The van der Waals surface area contributed by atoms with Crippen LogP contribution in [-0.2, 0) is 11.2 Å². The molecule has 78 valence electrons. The minimum Gasteiger partial charge on any atom is -0.390 e. The second-order valence-electron chi connectivity index (χ2n) is 3.64. The number of aromatic nitrogens is 1. The van der Waals surface area contributed by atoms with Gasteiger partial charge in [-0.15, -0.1) is 11.3 Å². The zero-order chi connectivity index (χ0) is 9.80. The van der Waals surface area contributed by atoms with Crippen LogP contribution in [0.1, 0.15) is 24.1 Å². The number of hydrogen-bond acceptors (Lipinski definition) is 4. The number of thiazole rings is 1. The van der Waals surface area contributed by atoms with Gasteiger partial charge in [0.25, 0.3) is 0 Å². The van der Waals surface area contributed by atoms with Crippen LogP contribution in [0.25, 0.3) is 0 Å². The predicted molar refractivity (Wildman–Crippen MR) is 55.4 cm³/mol. The Kier molecular flexibility index (Phi) is 3.50. The van der Waals surface area contributed by atoms with Crippen LogP contribution in [0.15, 0.2) is 11.7 Å². The molecule has 0 bridgehead atoms. The molecule has 3 nitrogen and oxygen atoms in total. The van der Waals surface area contributed by atoms with E-state index < -0.39 is 0 Å². The quantitative estimate of drug-likeness (QED) is 0.829. The lowest BCUT2D eigenvalue weighted by molar-refractivity contribution is -0.0608. The molecule has 0 aliphatic carbocycles. The lowest BCUT2D eigenvalue weighted by Crippen LogP contribution is -2.33. The first-order valence-corrected chi connectivity index (χ1v) is 5.91. The molecular weight excluding hydrogens is 198 g/mol. The monoisotopic (exact) mass is 213 g/mol. The van der Waals surface area contributed by atoms with Crippen molar-refractivity contribution in [2.75, 3.05) is 6.61 Å². The summed E-state index contributed by atoms with van der Waals surface area (Å²) in [5.74, 6) is 0. The van der Waals surface area contributed by atoms with Crippen LogP contribution in [0.3, 0.4) is 0 Å². The van der Waals surface area contributed by atoms with Crippen LogP contribution in [0.4, 0.5) is 0 Å². The Morgan fingerprint density at radius 1 is 1.64 bits per heavy atom. The minimum absolute atomic E-state index is 0.0332. The Hall–Kier alpha value is -0.450. The molecule has 1 aromatic heterocycles. The van der Waals surface area contributed by atoms with Gasteiger partial charge in [0.1, 0.15) is 0 Å². The van der Waals surface area contributed by atoms with E-state index in [4.69, 9.17) is 4.74 Å². The molecule has 0 radical (unpaired) electrons. The molecule has 0 amide bonds. The maximum Gasteiger partial charge on any atom is 0.0850 e. The van der Waals surface area contributed by atoms with Crippen LogP contribution >= 0.6 is 11.3 Å². The van der Waals surface area contributed by atoms with E-state index in [2.05, 4.69) is 4.98 Å². The third-order valence-corrected chi connectivity index (χ3v) is 3.34. The highest BCUT2D eigenvalue weighted by atomic mass is 32.1. The fraction of sp³-hybridized carbons (Fsp3) is 0.700. The van der Waals surface area contributed by atoms with E-state index in [9.17, 15) is 5.11 Å². The lowest BCUT2D eigenvalue weighted by Gasteiger charge is -2.26. The summed E-state index contributed by atoms with van der Waals surface area (Å²) < 4.78 is 5.52. The minimum atomic E-state index is -0.365. The van der Waals surface area contributed by atoms with Gasteiger partial charge in [-0.05, 0) is 19.3 Å². The number of nitrogens with zero attached hydrogens (tertiary/aromatic N) is 1. The van der Waals surface area contributed by atoms with E-state index in [1.807, 2.05) is 6.20 Å². The van der Waals surface area contributed by atoms with Crippen molar-refractivity contribution < 1.29 is 9.84 Å². The van der Waals surface area contributed by atoms with E-state index in [0.717, 1.165) is 24.3 Å². The molecule has 1 N–H and O–H groups in total. The Labute approximate surface area is 87.7 Å². The van der Waals surface area contributed by atoms with E-state index in [1.54, 1.807) is 16.8 Å². The fourth-order valence-electron chi connectivity index (χ4n) is 1.75. The molecule has 0 saturated carbocycles. The summed E-state index contributed by atoms with van der Waals surface area (Å²) in [5, 5.41) is 9.90. The SMILES string of the molecule is OC(Cc1cncs1)C1CCCCO1. The van der Waals surface area contributed by atoms with E-state index in [1.165, 1.54) is 6.42 Å². The van der Waals surface area contributed by atoms with Crippen LogP contribution in [0.5, 0.6) is 0 Å². The summed E-state index contributed by atoms with van der Waals surface area (Å²) in [6.45, 7) is 0.796.